The molecule has 7 heteroatoms. The van der Waals surface area contributed by atoms with Gasteiger partial charge in [-0.2, -0.15) is 0 Å². The average molecular weight is 482 g/mol. The Kier molecular flexibility index (Phi) is 6.41. The molecule has 174 valence electrons. The molecule has 1 N–H and O–H groups in total. The molecule has 35 heavy (non-hydrogen) atoms. The van der Waals surface area contributed by atoms with E-state index in [9.17, 15) is 9.59 Å². The Morgan fingerprint density at radius 3 is 2.23 bits per heavy atom. The Morgan fingerprint density at radius 2 is 1.60 bits per heavy atom. The quantitative estimate of drug-likeness (QED) is 0.337. The van der Waals surface area contributed by atoms with Crippen molar-refractivity contribution in [3.8, 4) is 5.75 Å². The molecule has 6 nitrogen and oxygen atoms in total. The number of thiazole rings is 1. The van der Waals surface area contributed by atoms with Crippen molar-refractivity contribution < 1.29 is 9.53 Å². The van der Waals surface area contributed by atoms with Gasteiger partial charge in [-0.3, -0.25) is 14.0 Å². The van der Waals surface area contributed by atoms with Crippen LogP contribution in [0.3, 0.4) is 0 Å². The summed E-state index contributed by atoms with van der Waals surface area (Å²) in [6, 6.07) is 28.1. The third-order valence-electron chi connectivity index (χ3n) is 5.57. The van der Waals surface area contributed by atoms with Crippen molar-refractivity contribution in [3.05, 3.63) is 129 Å². The minimum atomic E-state index is -0.422. The van der Waals surface area contributed by atoms with Crippen LogP contribution in [0, 0.1) is 6.92 Å². The summed E-state index contributed by atoms with van der Waals surface area (Å²) >= 11 is 1.46. The molecule has 0 saturated heterocycles. The second-order valence-corrected chi connectivity index (χ2v) is 9.35. The first-order valence-corrected chi connectivity index (χ1v) is 12.0. The maximum Gasteiger partial charge on any atom is 0.258 e. The van der Waals surface area contributed by atoms with Crippen molar-refractivity contribution in [1.29, 1.82) is 0 Å². The van der Waals surface area contributed by atoms with Gasteiger partial charge in [-0.25, -0.2) is 4.98 Å². The minimum absolute atomic E-state index is 0.111. The van der Waals surface area contributed by atoms with Crippen molar-refractivity contribution in [1.82, 2.24) is 9.38 Å². The summed E-state index contributed by atoms with van der Waals surface area (Å²) in [5, 5.41) is 3.02. The maximum absolute atomic E-state index is 13.3. The second-order valence-electron chi connectivity index (χ2n) is 8.14. The first kappa shape index (κ1) is 22.6. The van der Waals surface area contributed by atoms with Crippen LogP contribution in [-0.2, 0) is 11.4 Å². The van der Waals surface area contributed by atoms with E-state index >= 15 is 0 Å². The van der Waals surface area contributed by atoms with Gasteiger partial charge in [0.25, 0.3) is 5.56 Å². The molecule has 0 aliphatic carbocycles. The largest absolute Gasteiger partial charge is 0.487 e. The number of rotatable bonds is 7. The number of nitrogens with one attached hydrogen (secondary N) is 1. The topological polar surface area (TPSA) is 72.7 Å². The molecule has 2 aromatic heterocycles. The van der Waals surface area contributed by atoms with Crippen molar-refractivity contribution in [3.63, 3.8) is 0 Å². The van der Waals surface area contributed by atoms with Crippen LogP contribution in [0.5, 0.6) is 5.75 Å². The number of anilines is 1. The molecule has 0 fully saturated rings. The highest BCUT2D eigenvalue weighted by Crippen LogP contribution is 2.27. The summed E-state index contributed by atoms with van der Waals surface area (Å²) in [7, 11) is 0. The number of aromatic nitrogens is 2. The van der Waals surface area contributed by atoms with E-state index in [1.165, 1.54) is 17.4 Å². The molecule has 0 aliphatic rings. The number of carbonyl (C=O) groups excluding carboxylic acids is 1. The van der Waals surface area contributed by atoms with Gasteiger partial charge in [0.15, 0.2) is 4.96 Å². The van der Waals surface area contributed by atoms with Crippen LogP contribution in [0.4, 0.5) is 5.69 Å². The van der Waals surface area contributed by atoms with Gasteiger partial charge in [-0.1, -0.05) is 60.7 Å². The predicted molar refractivity (Wildman–Crippen MR) is 138 cm³/mol. The predicted octanol–water partition coefficient (Wildman–Crippen LogP) is 5.41. The summed E-state index contributed by atoms with van der Waals surface area (Å²) < 4.78 is 7.37. The Hall–Kier alpha value is -4.23. The fraction of sp³-hybridized carbons (Fsp3) is 0.107. The molecule has 1 amide bonds. The van der Waals surface area contributed by atoms with Gasteiger partial charge in [0, 0.05) is 22.8 Å². The molecule has 0 aliphatic heterocycles. The molecular formula is C28H23N3O3S. The molecule has 0 unspecified atom stereocenters. The van der Waals surface area contributed by atoms with Gasteiger partial charge < -0.3 is 10.1 Å². The Labute approximate surface area is 206 Å². The third kappa shape index (κ3) is 5.15. The van der Waals surface area contributed by atoms with E-state index in [0.29, 0.717) is 22.1 Å². The first-order chi connectivity index (χ1) is 17.1. The van der Waals surface area contributed by atoms with Gasteiger partial charge in [0.2, 0.25) is 5.91 Å². The lowest BCUT2D eigenvalue weighted by Gasteiger charge is -2.18. The fourth-order valence-electron chi connectivity index (χ4n) is 3.92. The number of fused-ring (bicyclic) bond motifs is 1. The zero-order valence-corrected chi connectivity index (χ0v) is 19.9. The Balaban J connectivity index is 1.28. The van der Waals surface area contributed by atoms with E-state index in [0.717, 1.165) is 16.0 Å². The molecule has 0 atom stereocenters. The SMILES string of the molecule is Cc1cn2c(=O)cc(COc3ccc(NC(=O)C(c4ccccc4)c4ccccc4)cc3)nc2s1. The first-order valence-electron chi connectivity index (χ1n) is 11.2. The monoisotopic (exact) mass is 481 g/mol. The van der Waals surface area contributed by atoms with Crippen LogP contribution in [0.15, 0.2) is 102 Å². The number of aryl methyl sites for hydroxylation is 1. The molecule has 2 heterocycles. The van der Waals surface area contributed by atoms with E-state index in [-0.39, 0.29) is 18.1 Å². The molecule has 5 aromatic rings. The van der Waals surface area contributed by atoms with Crippen LogP contribution in [0.1, 0.15) is 27.6 Å². The summed E-state index contributed by atoms with van der Waals surface area (Å²) in [5.41, 5.74) is 2.98. The fourth-order valence-corrected chi connectivity index (χ4v) is 4.77. The van der Waals surface area contributed by atoms with E-state index in [2.05, 4.69) is 10.3 Å². The molecule has 0 spiro atoms. The highest BCUT2D eigenvalue weighted by atomic mass is 32.1. The average Bonchev–Trinajstić information content (AvgIpc) is 3.26. The van der Waals surface area contributed by atoms with Crippen molar-refractivity contribution in [2.24, 2.45) is 0 Å². The maximum atomic E-state index is 13.3. The summed E-state index contributed by atoms with van der Waals surface area (Å²) in [5.74, 6) is 0.0877. The van der Waals surface area contributed by atoms with Crippen LogP contribution in [0.2, 0.25) is 0 Å². The molecule has 0 radical (unpaired) electrons. The van der Waals surface area contributed by atoms with Crippen molar-refractivity contribution in [2.75, 3.05) is 5.32 Å². The Morgan fingerprint density at radius 1 is 0.971 bits per heavy atom. The van der Waals surface area contributed by atoms with Crippen LogP contribution in [0.25, 0.3) is 4.96 Å². The number of ether oxygens (including phenoxy) is 1. The van der Waals surface area contributed by atoms with Crippen molar-refractivity contribution in [2.45, 2.75) is 19.4 Å². The van der Waals surface area contributed by atoms with E-state index < -0.39 is 5.92 Å². The van der Waals surface area contributed by atoms with E-state index in [4.69, 9.17) is 4.74 Å². The molecule has 0 bridgehead atoms. The zero-order valence-electron chi connectivity index (χ0n) is 19.0. The number of hydrogen-bond donors (Lipinski definition) is 1. The van der Waals surface area contributed by atoms with Gasteiger partial charge >= 0.3 is 0 Å². The summed E-state index contributed by atoms with van der Waals surface area (Å²) in [6.07, 6.45) is 1.78. The second kappa shape index (κ2) is 9.95. The molecule has 0 saturated carbocycles. The molecule has 5 rings (SSSR count). The highest BCUT2D eigenvalue weighted by Gasteiger charge is 2.22. The van der Waals surface area contributed by atoms with Gasteiger partial charge in [0.1, 0.15) is 12.4 Å². The molecular weight excluding hydrogens is 458 g/mol. The molecule has 3 aromatic carbocycles. The van der Waals surface area contributed by atoms with E-state index in [1.54, 1.807) is 34.9 Å². The smallest absolute Gasteiger partial charge is 0.258 e. The lowest BCUT2D eigenvalue weighted by Crippen LogP contribution is -2.22. The third-order valence-corrected chi connectivity index (χ3v) is 6.47. The highest BCUT2D eigenvalue weighted by molar-refractivity contribution is 7.16. The van der Waals surface area contributed by atoms with E-state index in [1.807, 2.05) is 67.6 Å². The lowest BCUT2D eigenvalue weighted by molar-refractivity contribution is -0.116. The van der Waals surface area contributed by atoms with Gasteiger partial charge in [-0.05, 0) is 42.3 Å². The normalized spacial score (nSPS) is 11.0. The standard InChI is InChI=1S/C28H23N3O3S/c1-19-17-31-25(32)16-23(30-28(31)35-19)18-34-24-14-12-22(13-15-24)29-27(33)26(20-8-4-2-5-9-20)21-10-6-3-7-11-21/h2-17,26H,18H2,1H3,(H,29,33). The van der Waals surface area contributed by atoms with Crippen LogP contribution in [-0.4, -0.2) is 15.3 Å². The lowest BCUT2D eigenvalue weighted by atomic mass is 9.90. The van der Waals surface area contributed by atoms with Gasteiger partial charge in [0.05, 0.1) is 11.6 Å². The van der Waals surface area contributed by atoms with Crippen LogP contribution < -0.4 is 15.6 Å². The number of hydrogen-bond acceptors (Lipinski definition) is 5. The van der Waals surface area contributed by atoms with Gasteiger partial charge in [-0.15, -0.1) is 11.3 Å². The minimum Gasteiger partial charge on any atom is -0.487 e. The summed E-state index contributed by atoms with van der Waals surface area (Å²) in [6.45, 7) is 2.12. The summed E-state index contributed by atoms with van der Waals surface area (Å²) in [4.78, 5) is 31.7. The van der Waals surface area contributed by atoms with Crippen molar-refractivity contribution >= 4 is 27.9 Å². The number of nitrogens with zero attached hydrogens (tertiary/aromatic N) is 2. The number of amides is 1. The Bertz CT molecular complexity index is 1470. The number of benzene rings is 3. The number of carbonyl (C=O) groups is 1. The van der Waals surface area contributed by atoms with Crippen LogP contribution >= 0.6 is 11.3 Å². The zero-order chi connectivity index (χ0) is 24.2.